The van der Waals surface area contributed by atoms with Crippen LogP contribution < -0.4 is 9.61 Å². The molecule has 0 saturated carbocycles. The molecule has 0 aliphatic rings. The Hall–Kier alpha value is -1.59. The van der Waals surface area contributed by atoms with Gasteiger partial charge in [-0.3, -0.25) is 9.36 Å². The average molecular weight is 336 g/mol. The molecule has 5 heteroatoms. The third-order valence-corrected chi connectivity index (χ3v) is 4.24. The first-order valence-electron chi connectivity index (χ1n) is 5.71. The fourth-order valence-corrected chi connectivity index (χ4v) is 2.95. The van der Waals surface area contributed by atoms with Crippen LogP contribution in [0.3, 0.4) is 0 Å². The summed E-state index contributed by atoms with van der Waals surface area (Å²) in [6, 6.07) is 15.3. The lowest BCUT2D eigenvalue weighted by atomic mass is 10.3. The Balaban J connectivity index is 1.87. The van der Waals surface area contributed by atoms with E-state index < -0.39 is 0 Å². The third-order valence-electron chi connectivity index (χ3n) is 2.75. The Morgan fingerprint density at radius 1 is 1.11 bits per heavy atom. The van der Waals surface area contributed by atoms with Gasteiger partial charge < -0.3 is 4.74 Å². The van der Waals surface area contributed by atoms with E-state index in [1.165, 1.54) is 11.3 Å². The van der Waals surface area contributed by atoms with Gasteiger partial charge in [0.15, 0.2) is 6.73 Å². The predicted octanol–water partition coefficient (Wildman–Crippen LogP) is 3.86. The van der Waals surface area contributed by atoms with Gasteiger partial charge in [-0.05, 0) is 36.4 Å². The molecule has 3 rings (SSSR count). The molecule has 0 bridgehead atoms. The maximum atomic E-state index is 11.9. The van der Waals surface area contributed by atoms with Gasteiger partial charge in [-0.1, -0.05) is 39.4 Å². The van der Waals surface area contributed by atoms with E-state index in [1.807, 2.05) is 48.5 Å². The lowest BCUT2D eigenvalue weighted by molar-refractivity contribution is 0.239. The molecular weight excluding hydrogens is 326 g/mol. The highest BCUT2D eigenvalue weighted by molar-refractivity contribution is 9.10. The lowest BCUT2D eigenvalue weighted by Crippen LogP contribution is -2.16. The van der Waals surface area contributed by atoms with Crippen molar-refractivity contribution in [2.24, 2.45) is 0 Å². The number of para-hydroxylation sites is 1. The molecule has 0 aliphatic carbocycles. The van der Waals surface area contributed by atoms with Gasteiger partial charge in [-0.15, -0.1) is 0 Å². The highest BCUT2D eigenvalue weighted by Gasteiger charge is 2.06. The summed E-state index contributed by atoms with van der Waals surface area (Å²) in [5.74, 6) is 0.741. The fraction of sp³-hybridized carbons (Fsp3) is 0.0714. The van der Waals surface area contributed by atoms with Gasteiger partial charge in [0.05, 0.1) is 10.2 Å². The van der Waals surface area contributed by atoms with Crippen LogP contribution in [0.1, 0.15) is 0 Å². The number of hydrogen-bond donors (Lipinski definition) is 0. The van der Waals surface area contributed by atoms with Crippen LogP contribution in [0.4, 0.5) is 0 Å². The van der Waals surface area contributed by atoms with E-state index in [9.17, 15) is 4.79 Å². The SMILES string of the molecule is O=c1sc2ccccc2n1COc1ccc(Br)cc1. The molecule has 0 spiro atoms. The zero-order valence-electron chi connectivity index (χ0n) is 9.88. The topological polar surface area (TPSA) is 31.2 Å². The molecule has 96 valence electrons. The highest BCUT2D eigenvalue weighted by atomic mass is 79.9. The normalized spacial score (nSPS) is 10.8. The zero-order valence-corrected chi connectivity index (χ0v) is 12.3. The number of benzene rings is 2. The first-order valence-corrected chi connectivity index (χ1v) is 7.32. The molecule has 0 saturated heterocycles. The second kappa shape index (κ2) is 5.19. The highest BCUT2D eigenvalue weighted by Crippen LogP contribution is 2.19. The molecule has 3 aromatic rings. The minimum atomic E-state index is -0.00156. The molecule has 2 aromatic carbocycles. The van der Waals surface area contributed by atoms with Crippen molar-refractivity contribution in [3.8, 4) is 5.75 Å². The minimum Gasteiger partial charge on any atom is -0.473 e. The van der Waals surface area contributed by atoms with Crippen LogP contribution in [-0.4, -0.2) is 4.57 Å². The van der Waals surface area contributed by atoms with Crippen molar-refractivity contribution in [1.29, 1.82) is 0 Å². The summed E-state index contributed by atoms with van der Waals surface area (Å²) < 4.78 is 9.26. The Morgan fingerprint density at radius 3 is 2.63 bits per heavy atom. The molecule has 0 fully saturated rings. The van der Waals surface area contributed by atoms with Gasteiger partial charge in [-0.25, -0.2) is 0 Å². The molecule has 0 unspecified atom stereocenters. The van der Waals surface area contributed by atoms with Gasteiger partial charge in [-0.2, -0.15) is 0 Å². The molecule has 0 aliphatic heterocycles. The molecule has 0 atom stereocenters. The summed E-state index contributed by atoms with van der Waals surface area (Å²) in [6.45, 7) is 0.227. The van der Waals surface area contributed by atoms with Gasteiger partial charge in [0.1, 0.15) is 5.75 Å². The number of rotatable bonds is 3. The third kappa shape index (κ3) is 2.57. The summed E-state index contributed by atoms with van der Waals surface area (Å²) in [5, 5.41) is 0. The van der Waals surface area contributed by atoms with Crippen LogP contribution >= 0.6 is 27.3 Å². The van der Waals surface area contributed by atoms with E-state index in [0.717, 1.165) is 20.4 Å². The molecule has 1 heterocycles. The van der Waals surface area contributed by atoms with Crippen LogP contribution in [0.15, 0.2) is 57.8 Å². The second-order valence-electron chi connectivity index (χ2n) is 3.99. The van der Waals surface area contributed by atoms with Crippen molar-refractivity contribution >= 4 is 37.5 Å². The van der Waals surface area contributed by atoms with Gasteiger partial charge in [0.25, 0.3) is 0 Å². The van der Waals surface area contributed by atoms with Crippen LogP contribution in [0.25, 0.3) is 10.2 Å². The van der Waals surface area contributed by atoms with E-state index in [4.69, 9.17) is 4.74 Å². The Morgan fingerprint density at radius 2 is 1.84 bits per heavy atom. The maximum Gasteiger partial charge on any atom is 0.310 e. The summed E-state index contributed by atoms with van der Waals surface area (Å²) in [7, 11) is 0. The molecule has 3 nitrogen and oxygen atoms in total. The molecule has 0 amide bonds. The van der Waals surface area contributed by atoms with Crippen LogP contribution in [0, 0.1) is 0 Å². The number of aromatic nitrogens is 1. The molecular formula is C14H10BrNO2S. The summed E-state index contributed by atoms with van der Waals surface area (Å²) in [6.07, 6.45) is 0. The van der Waals surface area contributed by atoms with Crippen molar-refractivity contribution in [3.05, 3.63) is 62.7 Å². The number of ether oxygens (including phenoxy) is 1. The van der Waals surface area contributed by atoms with Crippen LogP contribution in [-0.2, 0) is 6.73 Å². The van der Waals surface area contributed by atoms with E-state index in [2.05, 4.69) is 15.9 Å². The van der Waals surface area contributed by atoms with Crippen molar-refractivity contribution in [2.75, 3.05) is 0 Å². The van der Waals surface area contributed by atoms with E-state index in [1.54, 1.807) is 4.57 Å². The van der Waals surface area contributed by atoms with Crippen molar-refractivity contribution in [3.63, 3.8) is 0 Å². The van der Waals surface area contributed by atoms with E-state index in [-0.39, 0.29) is 11.6 Å². The first kappa shape index (κ1) is 12.4. The number of halogens is 1. The number of thiazole rings is 1. The molecule has 1 aromatic heterocycles. The van der Waals surface area contributed by atoms with Gasteiger partial charge >= 0.3 is 4.87 Å². The molecule has 19 heavy (non-hydrogen) atoms. The quantitative estimate of drug-likeness (QED) is 0.727. The predicted molar refractivity (Wildman–Crippen MR) is 80.9 cm³/mol. The van der Waals surface area contributed by atoms with Crippen LogP contribution in [0.2, 0.25) is 0 Å². The van der Waals surface area contributed by atoms with Crippen molar-refractivity contribution in [2.45, 2.75) is 6.73 Å². The average Bonchev–Trinajstić information content (AvgIpc) is 2.74. The Labute approximate surface area is 122 Å². The Kier molecular flexibility index (Phi) is 3.40. The number of nitrogens with zero attached hydrogens (tertiary/aromatic N) is 1. The number of hydrogen-bond acceptors (Lipinski definition) is 3. The zero-order chi connectivity index (χ0) is 13.2. The van der Waals surface area contributed by atoms with E-state index >= 15 is 0 Å². The summed E-state index contributed by atoms with van der Waals surface area (Å²) in [4.78, 5) is 11.9. The smallest absolute Gasteiger partial charge is 0.310 e. The largest absolute Gasteiger partial charge is 0.473 e. The van der Waals surface area contributed by atoms with Crippen LogP contribution in [0.5, 0.6) is 5.75 Å². The lowest BCUT2D eigenvalue weighted by Gasteiger charge is -2.07. The van der Waals surface area contributed by atoms with Crippen molar-refractivity contribution < 1.29 is 4.74 Å². The summed E-state index contributed by atoms with van der Waals surface area (Å²) in [5.41, 5.74) is 0.912. The van der Waals surface area contributed by atoms with E-state index in [0.29, 0.717) is 0 Å². The Bertz CT molecular complexity index is 761. The standard InChI is InChI=1S/C14H10BrNO2S/c15-10-5-7-11(8-6-10)18-9-16-12-3-1-2-4-13(12)19-14(16)17/h1-8H,9H2. The van der Waals surface area contributed by atoms with Crippen molar-refractivity contribution in [1.82, 2.24) is 4.57 Å². The van der Waals surface area contributed by atoms with Gasteiger partial charge in [0.2, 0.25) is 0 Å². The monoisotopic (exact) mass is 335 g/mol. The summed E-state index contributed by atoms with van der Waals surface area (Å²) >= 11 is 4.61. The first-order chi connectivity index (χ1) is 9.24. The number of fused-ring (bicyclic) bond motifs is 1. The second-order valence-corrected chi connectivity index (χ2v) is 5.90. The molecule has 0 radical (unpaired) electrons. The fourth-order valence-electron chi connectivity index (χ4n) is 1.81. The van der Waals surface area contributed by atoms with Gasteiger partial charge in [0, 0.05) is 4.47 Å². The minimum absolute atomic E-state index is 0.00156. The maximum absolute atomic E-state index is 11.9. The molecule has 0 N–H and O–H groups in total.